The number of rotatable bonds is 15. The Bertz CT molecular complexity index is 438. The summed E-state index contributed by atoms with van der Waals surface area (Å²) in [6, 6.07) is 8.24. The monoisotopic (exact) mass is 408 g/mol. The Morgan fingerprint density at radius 3 is 1.26 bits per heavy atom. The first kappa shape index (κ1) is 24.3. The second-order valence-corrected chi connectivity index (χ2v) is 17.5. The van der Waals surface area contributed by atoms with Crippen molar-refractivity contribution in [2.45, 2.75) is 116 Å². The van der Waals surface area contributed by atoms with Crippen LogP contribution in [0.15, 0.2) is 12.4 Å². The van der Waals surface area contributed by atoms with E-state index in [-0.39, 0.29) is 0 Å². The molecular formula is C21H44N4Si2. The van der Waals surface area contributed by atoms with Gasteiger partial charge in [-0.15, -0.1) is 5.10 Å². The number of hydrogen-bond acceptors (Lipinski definition) is 4. The zero-order valence-electron chi connectivity index (χ0n) is 18.9. The molecule has 0 saturated heterocycles. The Morgan fingerprint density at radius 1 is 0.630 bits per heavy atom. The van der Waals surface area contributed by atoms with Gasteiger partial charge in [-0.3, -0.25) is 0 Å². The van der Waals surface area contributed by atoms with E-state index in [1.165, 1.54) is 74.8 Å². The molecule has 0 unspecified atom stereocenters. The summed E-state index contributed by atoms with van der Waals surface area (Å²) < 4.78 is 2.97. The highest BCUT2D eigenvalue weighted by atomic mass is 28.4. The van der Waals surface area contributed by atoms with Crippen LogP contribution in [0.2, 0.25) is 36.3 Å². The molecule has 0 aliphatic rings. The number of anilines is 1. The summed E-state index contributed by atoms with van der Waals surface area (Å²) in [6.07, 6.45) is 11.2. The Morgan fingerprint density at radius 2 is 1.00 bits per heavy atom. The van der Waals surface area contributed by atoms with Crippen molar-refractivity contribution in [1.82, 2.24) is 15.2 Å². The van der Waals surface area contributed by atoms with E-state index >= 15 is 0 Å². The molecule has 156 valence electrons. The average Bonchev–Trinajstić information content (AvgIpc) is 2.64. The fourth-order valence-corrected chi connectivity index (χ4v) is 21.0. The van der Waals surface area contributed by atoms with E-state index in [0.717, 1.165) is 5.95 Å². The molecule has 0 saturated carbocycles. The van der Waals surface area contributed by atoms with Crippen LogP contribution in [0.5, 0.6) is 0 Å². The summed E-state index contributed by atoms with van der Waals surface area (Å²) in [6.45, 7) is 14.2. The zero-order chi connectivity index (χ0) is 20.2. The Labute approximate surface area is 170 Å². The SMILES string of the molecule is CCC[Si](CCC)(CCC)N(c1nccnn1)[Si](CCC)(CCC)CCC. The summed E-state index contributed by atoms with van der Waals surface area (Å²) in [5.74, 6) is 0.974. The van der Waals surface area contributed by atoms with Crippen LogP contribution in [0.1, 0.15) is 80.1 Å². The van der Waals surface area contributed by atoms with Crippen LogP contribution in [-0.2, 0) is 0 Å². The van der Waals surface area contributed by atoms with Crippen LogP contribution in [0.25, 0.3) is 0 Å². The van der Waals surface area contributed by atoms with Crippen molar-refractivity contribution in [3.8, 4) is 0 Å². The lowest BCUT2D eigenvalue weighted by atomic mass is 10.5. The van der Waals surface area contributed by atoms with E-state index in [0.29, 0.717) is 0 Å². The molecule has 0 atom stereocenters. The van der Waals surface area contributed by atoms with Crippen LogP contribution >= 0.6 is 0 Å². The first-order valence-corrected chi connectivity index (χ1v) is 16.7. The van der Waals surface area contributed by atoms with Crippen molar-refractivity contribution < 1.29 is 0 Å². The molecule has 4 nitrogen and oxygen atoms in total. The van der Waals surface area contributed by atoms with Gasteiger partial charge in [-0.25, -0.2) is 4.98 Å². The lowest BCUT2D eigenvalue weighted by Gasteiger charge is -2.53. The van der Waals surface area contributed by atoms with E-state index in [1.807, 2.05) is 6.20 Å². The van der Waals surface area contributed by atoms with Crippen LogP contribution in [0, 0.1) is 0 Å². The van der Waals surface area contributed by atoms with E-state index in [1.54, 1.807) is 6.20 Å². The molecule has 0 aromatic carbocycles. The molecule has 1 aromatic heterocycles. The van der Waals surface area contributed by atoms with E-state index in [2.05, 4.69) is 56.0 Å². The van der Waals surface area contributed by atoms with Crippen molar-refractivity contribution in [1.29, 1.82) is 0 Å². The second kappa shape index (κ2) is 12.7. The minimum atomic E-state index is -1.68. The first-order chi connectivity index (χ1) is 13.1. The normalized spacial score (nSPS) is 12.4. The topological polar surface area (TPSA) is 41.9 Å². The molecule has 0 fully saturated rings. The number of aromatic nitrogens is 3. The summed E-state index contributed by atoms with van der Waals surface area (Å²) in [7, 11) is -3.37. The van der Waals surface area contributed by atoms with Gasteiger partial charge in [0, 0.05) is 0 Å². The molecule has 0 aliphatic carbocycles. The fourth-order valence-electron chi connectivity index (χ4n) is 5.48. The Balaban J connectivity index is 3.68. The van der Waals surface area contributed by atoms with Gasteiger partial charge in [-0.05, 0) is 36.3 Å². The molecular weight excluding hydrogens is 364 g/mol. The molecule has 0 aliphatic heterocycles. The van der Waals surface area contributed by atoms with Gasteiger partial charge in [-0.1, -0.05) is 80.1 Å². The summed E-state index contributed by atoms with van der Waals surface area (Å²) >= 11 is 0. The minimum Gasteiger partial charge on any atom is -0.392 e. The highest BCUT2D eigenvalue weighted by molar-refractivity contribution is 7.02. The highest BCUT2D eigenvalue weighted by Crippen LogP contribution is 2.41. The van der Waals surface area contributed by atoms with Gasteiger partial charge in [-0.2, -0.15) is 5.10 Å². The summed E-state index contributed by atoms with van der Waals surface area (Å²) in [5, 5.41) is 8.92. The lowest BCUT2D eigenvalue weighted by Crippen LogP contribution is -2.68. The summed E-state index contributed by atoms with van der Waals surface area (Å²) in [5.41, 5.74) is 0. The fraction of sp³-hybridized carbons (Fsp3) is 0.857. The van der Waals surface area contributed by atoms with Crippen molar-refractivity contribution in [2.24, 2.45) is 0 Å². The first-order valence-electron chi connectivity index (χ1n) is 11.5. The number of hydrogen-bond donors (Lipinski definition) is 0. The van der Waals surface area contributed by atoms with Gasteiger partial charge < -0.3 is 4.23 Å². The Kier molecular flexibility index (Phi) is 11.4. The van der Waals surface area contributed by atoms with Crippen LogP contribution in [-0.4, -0.2) is 31.7 Å². The third-order valence-electron chi connectivity index (χ3n) is 5.91. The summed E-state index contributed by atoms with van der Waals surface area (Å²) in [4.78, 5) is 4.83. The molecule has 1 aromatic rings. The molecule has 27 heavy (non-hydrogen) atoms. The van der Waals surface area contributed by atoms with Crippen molar-refractivity contribution >= 4 is 22.4 Å². The van der Waals surface area contributed by atoms with E-state index < -0.39 is 16.5 Å². The molecule has 1 rings (SSSR count). The molecule has 0 bridgehead atoms. The lowest BCUT2D eigenvalue weighted by molar-refractivity contribution is 0.851. The molecule has 0 spiro atoms. The third kappa shape index (κ3) is 6.11. The van der Waals surface area contributed by atoms with Crippen molar-refractivity contribution in [3.63, 3.8) is 0 Å². The van der Waals surface area contributed by atoms with Crippen LogP contribution in [0.3, 0.4) is 0 Å². The van der Waals surface area contributed by atoms with Gasteiger partial charge >= 0.3 is 0 Å². The zero-order valence-corrected chi connectivity index (χ0v) is 20.9. The van der Waals surface area contributed by atoms with Gasteiger partial charge in [0.05, 0.1) is 12.4 Å². The van der Waals surface area contributed by atoms with Gasteiger partial charge in [0.25, 0.3) is 0 Å². The predicted octanol–water partition coefficient (Wildman–Crippen LogP) is 7.03. The molecule has 6 heteroatoms. The maximum absolute atomic E-state index is 4.83. The largest absolute Gasteiger partial charge is 0.392 e. The standard InChI is InChI=1S/C21H44N4Si2/c1-7-15-26(16-8-2,17-9-3)25(21-22-13-14-23-24-21)27(18-10-4,19-11-5)20-12-6/h13-14H,7-12,15-20H2,1-6H3. The molecule has 0 amide bonds. The van der Waals surface area contributed by atoms with E-state index in [4.69, 9.17) is 4.98 Å². The van der Waals surface area contributed by atoms with E-state index in [9.17, 15) is 0 Å². The van der Waals surface area contributed by atoms with Crippen LogP contribution in [0.4, 0.5) is 5.95 Å². The van der Waals surface area contributed by atoms with Crippen molar-refractivity contribution in [2.75, 3.05) is 4.23 Å². The maximum atomic E-state index is 4.83. The minimum absolute atomic E-state index is 0.974. The maximum Gasteiger partial charge on any atom is 0.229 e. The average molecular weight is 409 g/mol. The van der Waals surface area contributed by atoms with Gasteiger partial charge in [0.1, 0.15) is 0 Å². The smallest absolute Gasteiger partial charge is 0.229 e. The van der Waals surface area contributed by atoms with Gasteiger partial charge in [0.2, 0.25) is 5.95 Å². The van der Waals surface area contributed by atoms with Crippen LogP contribution < -0.4 is 4.23 Å². The predicted molar refractivity (Wildman–Crippen MR) is 124 cm³/mol. The second-order valence-electron chi connectivity index (χ2n) is 8.23. The van der Waals surface area contributed by atoms with Crippen molar-refractivity contribution in [3.05, 3.63) is 12.4 Å². The highest BCUT2D eigenvalue weighted by Gasteiger charge is 2.50. The quantitative estimate of drug-likeness (QED) is 0.292. The number of nitrogens with zero attached hydrogens (tertiary/aromatic N) is 4. The Hall–Kier alpha value is -0.756. The molecule has 0 N–H and O–H groups in total. The molecule has 1 heterocycles. The third-order valence-corrected chi connectivity index (χ3v) is 19.6. The van der Waals surface area contributed by atoms with Gasteiger partial charge in [0.15, 0.2) is 16.5 Å². The molecule has 0 radical (unpaired) electrons.